The van der Waals surface area contributed by atoms with E-state index in [1.807, 2.05) is 0 Å². The minimum atomic E-state index is -4.46. The molecule has 1 saturated heterocycles. The fourth-order valence-corrected chi connectivity index (χ4v) is 5.52. The van der Waals surface area contributed by atoms with Crippen molar-refractivity contribution >= 4 is 44.8 Å². The molecule has 0 saturated carbocycles. The van der Waals surface area contributed by atoms with Gasteiger partial charge in [0.25, 0.3) is 0 Å². The van der Waals surface area contributed by atoms with E-state index < -0.39 is 33.6 Å². The SMILES string of the molecule is O=C(Nc1ccc(C(F)(F)F)cc1)C1CCCN(S(=O)(=O)Cc2ccc(Cl)cc2Cl)C1. The summed E-state index contributed by atoms with van der Waals surface area (Å²) >= 11 is 11.9. The molecule has 1 aliphatic heterocycles. The molecular formula is C20H19Cl2F3N2O3S. The van der Waals surface area contributed by atoms with Gasteiger partial charge >= 0.3 is 6.18 Å². The summed E-state index contributed by atoms with van der Waals surface area (Å²) < 4.78 is 64.9. The second-order valence-corrected chi connectivity index (χ2v) is 10.1. The van der Waals surface area contributed by atoms with Crippen molar-refractivity contribution in [3.63, 3.8) is 0 Å². The van der Waals surface area contributed by atoms with Crippen molar-refractivity contribution in [2.45, 2.75) is 24.8 Å². The molecule has 2 aromatic rings. The van der Waals surface area contributed by atoms with Crippen molar-refractivity contribution in [1.29, 1.82) is 0 Å². The van der Waals surface area contributed by atoms with Gasteiger partial charge in [0.05, 0.1) is 17.2 Å². The Balaban J connectivity index is 1.65. The summed E-state index contributed by atoms with van der Waals surface area (Å²) in [5.74, 6) is -1.38. The number of halogens is 5. The maximum atomic E-state index is 12.8. The predicted octanol–water partition coefficient (Wildman–Crippen LogP) is 5.19. The van der Waals surface area contributed by atoms with Crippen molar-refractivity contribution in [2.75, 3.05) is 18.4 Å². The summed E-state index contributed by atoms with van der Waals surface area (Å²) in [6.45, 7) is 0.262. The number of hydrogen-bond donors (Lipinski definition) is 1. The van der Waals surface area contributed by atoms with Crippen LogP contribution in [0.3, 0.4) is 0 Å². The maximum Gasteiger partial charge on any atom is 0.416 e. The topological polar surface area (TPSA) is 66.5 Å². The van der Waals surface area contributed by atoms with Gasteiger partial charge in [-0.15, -0.1) is 0 Å². The molecule has 5 nitrogen and oxygen atoms in total. The molecule has 1 heterocycles. The van der Waals surface area contributed by atoms with Gasteiger partial charge in [0.1, 0.15) is 0 Å². The van der Waals surface area contributed by atoms with Crippen molar-refractivity contribution in [3.8, 4) is 0 Å². The van der Waals surface area contributed by atoms with E-state index in [1.165, 1.54) is 22.5 Å². The minimum absolute atomic E-state index is 0.0139. The number of nitrogens with zero attached hydrogens (tertiary/aromatic N) is 1. The standard InChI is InChI=1S/C20H19Cl2F3N2O3S/c21-16-6-3-14(18(22)10-16)12-31(29,30)27-9-1-2-13(11-27)19(28)26-17-7-4-15(5-8-17)20(23,24)25/h3-8,10,13H,1-2,9,11-12H2,(H,26,28). The molecule has 0 bridgehead atoms. The molecule has 1 N–H and O–H groups in total. The lowest BCUT2D eigenvalue weighted by Gasteiger charge is -2.31. The van der Waals surface area contributed by atoms with E-state index in [0.717, 1.165) is 12.1 Å². The van der Waals surface area contributed by atoms with E-state index >= 15 is 0 Å². The molecule has 0 spiro atoms. The van der Waals surface area contributed by atoms with Gasteiger partial charge < -0.3 is 5.32 Å². The van der Waals surface area contributed by atoms with E-state index in [4.69, 9.17) is 23.2 Å². The van der Waals surface area contributed by atoms with Gasteiger partial charge in [0.2, 0.25) is 15.9 Å². The summed E-state index contributed by atoms with van der Waals surface area (Å²) in [7, 11) is -3.73. The van der Waals surface area contributed by atoms with Gasteiger partial charge in [-0.1, -0.05) is 29.3 Å². The van der Waals surface area contributed by atoms with Crippen LogP contribution in [0.25, 0.3) is 0 Å². The smallest absolute Gasteiger partial charge is 0.326 e. The first-order chi connectivity index (χ1) is 14.5. The molecule has 1 amide bonds. The van der Waals surface area contributed by atoms with Gasteiger partial charge in [-0.25, -0.2) is 12.7 Å². The summed E-state index contributed by atoms with van der Waals surface area (Å²) in [5, 5.41) is 3.20. The summed E-state index contributed by atoms with van der Waals surface area (Å²) in [6.07, 6.45) is -3.51. The van der Waals surface area contributed by atoms with Crippen molar-refractivity contribution in [2.24, 2.45) is 5.92 Å². The third-order valence-electron chi connectivity index (χ3n) is 4.98. The number of anilines is 1. The van der Waals surface area contributed by atoms with Crippen LogP contribution in [-0.4, -0.2) is 31.7 Å². The number of carbonyl (C=O) groups excluding carboxylic acids is 1. The van der Waals surface area contributed by atoms with Crippen LogP contribution in [0, 0.1) is 5.92 Å². The fourth-order valence-electron chi connectivity index (χ4n) is 3.32. The van der Waals surface area contributed by atoms with Crippen molar-refractivity contribution in [1.82, 2.24) is 4.31 Å². The van der Waals surface area contributed by atoms with E-state index in [2.05, 4.69) is 5.32 Å². The van der Waals surface area contributed by atoms with Crippen LogP contribution in [0.2, 0.25) is 10.0 Å². The molecule has 2 aromatic carbocycles. The molecule has 0 radical (unpaired) electrons. The summed E-state index contributed by atoms with van der Waals surface area (Å²) in [6, 6.07) is 8.65. The van der Waals surface area contributed by atoms with Crippen LogP contribution in [0.4, 0.5) is 18.9 Å². The molecule has 11 heteroatoms. The monoisotopic (exact) mass is 494 g/mol. The number of hydrogen-bond acceptors (Lipinski definition) is 3. The van der Waals surface area contributed by atoms with E-state index in [1.54, 1.807) is 12.1 Å². The average molecular weight is 495 g/mol. The van der Waals surface area contributed by atoms with Gasteiger partial charge in [-0.05, 0) is 54.8 Å². The van der Waals surface area contributed by atoms with Crippen LogP contribution in [0.5, 0.6) is 0 Å². The highest BCUT2D eigenvalue weighted by atomic mass is 35.5. The van der Waals surface area contributed by atoms with Crippen LogP contribution in [0.15, 0.2) is 42.5 Å². The van der Waals surface area contributed by atoms with E-state index in [0.29, 0.717) is 23.4 Å². The quantitative estimate of drug-likeness (QED) is 0.621. The predicted molar refractivity (Wildman–Crippen MR) is 113 cm³/mol. The van der Waals surface area contributed by atoms with E-state index in [9.17, 15) is 26.4 Å². The van der Waals surface area contributed by atoms with Crippen LogP contribution < -0.4 is 5.32 Å². The lowest BCUT2D eigenvalue weighted by molar-refractivity contribution is -0.137. The van der Waals surface area contributed by atoms with Gasteiger partial charge in [-0.3, -0.25) is 4.79 Å². The molecule has 0 aromatic heterocycles. The zero-order chi connectivity index (χ0) is 22.8. The fraction of sp³-hybridized carbons (Fsp3) is 0.350. The van der Waals surface area contributed by atoms with Gasteiger partial charge in [0, 0.05) is 28.8 Å². The number of benzene rings is 2. The summed E-state index contributed by atoms with van der Waals surface area (Å²) in [4.78, 5) is 12.6. The normalized spacial score (nSPS) is 18.0. The first-order valence-electron chi connectivity index (χ1n) is 9.35. The van der Waals surface area contributed by atoms with Crippen molar-refractivity contribution < 1.29 is 26.4 Å². The largest absolute Gasteiger partial charge is 0.416 e. The maximum absolute atomic E-state index is 12.8. The highest BCUT2D eigenvalue weighted by molar-refractivity contribution is 7.88. The first-order valence-corrected chi connectivity index (χ1v) is 11.7. The van der Waals surface area contributed by atoms with Gasteiger partial charge in [-0.2, -0.15) is 13.2 Å². The lowest BCUT2D eigenvalue weighted by atomic mass is 9.98. The molecule has 1 unspecified atom stereocenters. The number of sulfonamides is 1. The Kier molecular flexibility index (Phi) is 7.20. The highest BCUT2D eigenvalue weighted by Gasteiger charge is 2.33. The van der Waals surface area contributed by atoms with Gasteiger partial charge in [0.15, 0.2) is 0 Å². The van der Waals surface area contributed by atoms with Crippen molar-refractivity contribution in [3.05, 3.63) is 63.6 Å². The number of piperidine rings is 1. The Labute approximate surface area is 188 Å². The Bertz CT molecular complexity index is 1060. The number of alkyl halides is 3. The number of amides is 1. The molecule has 0 aliphatic carbocycles. The third-order valence-corrected chi connectivity index (χ3v) is 7.36. The number of carbonyl (C=O) groups is 1. The second kappa shape index (κ2) is 9.36. The zero-order valence-corrected chi connectivity index (χ0v) is 18.5. The lowest BCUT2D eigenvalue weighted by Crippen LogP contribution is -2.44. The minimum Gasteiger partial charge on any atom is -0.326 e. The second-order valence-electron chi connectivity index (χ2n) is 7.25. The third kappa shape index (κ3) is 6.12. The first kappa shape index (κ1) is 23.8. The zero-order valence-electron chi connectivity index (χ0n) is 16.1. The molecule has 3 rings (SSSR count). The Hall–Kier alpha value is -1.81. The van der Waals surface area contributed by atoms with Crippen LogP contribution in [0.1, 0.15) is 24.0 Å². The molecule has 31 heavy (non-hydrogen) atoms. The van der Waals surface area contributed by atoms with Crippen LogP contribution in [-0.2, 0) is 26.7 Å². The molecule has 168 valence electrons. The number of rotatable bonds is 5. The van der Waals surface area contributed by atoms with E-state index in [-0.39, 0.29) is 29.6 Å². The Morgan fingerprint density at radius 2 is 1.81 bits per heavy atom. The Morgan fingerprint density at radius 3 is 2.42 bits per heavy atom. The average Bonchev–Trinajstić information content (AvgIpc) is 2.70. The Morgan fingerprint density at radius 1 is 1.13 bits per heavy atom. The molecule has 1 fully saturated rings. The highest BCUT2D eigenvalue weighted by Crippen LogP contribution is 2.30. The number of nitrogens with one attached hydrogen (secondary N) is 1. The molecule has 1 atom stereocenters. The molecule has 1 aliphatic rings. The van der Waals surface area contributed by atoms with Crippen LogP contribution >= 0.6 is 23.2 Å². The molecular weight excluding hydrogens is 476 g/mol. The summed E-state index contributed by atoms with van der Waals surface area (Å²) in [5.41, 5.74) is -0.199.